The fourth-order valence-electron chi connectivity index (χ4n) is 1.78. The van der Waals surface area contributed by atoms with Gasteiger partial charge in [-0.25, -0.2) is 4.79 Å². The molecule has 5 nitrogen and oxygen atoms in total. The van der Waals surface area contributed by atoms with E-state index in [1.54, 1.807) is 23.9 Å². The summed E-state index contributed by atoms with van der Waals surface area (Å²) in [6, 6.07) is 6.61. The van der Waals surface area contributed by atoms with E-state index in [9.17, 15) is 9.59 Å². The van der Waals surface area contributed by atoms with Crippen LogP contribution in [-0.4, -0.2) is 51.1 Å². The fourth-order valence-corrected chi connectivity index (χ4v) is 2.25. The highest BCUT2D eigenvalue weighted by atomic mass is 32.2. The van der Waals surface area contributed by atoms with Gasteiger partial charge in [0.05, 0.1) is 7.11 Å². The molecule has 0 saturated carbocycles. The molecule has 21 heavy (non-hydrogen) atoms. The molecule has 0 bridgehead atoms. The summed E-state index contributed by atoms with van der Waals surface area (Å²) >= 11 is 1.62. The molecule has 0 aliphatic rings. The van der Waals surface area contributed by atoms with E-state index in [4.69, 9.17) is 4.74 Å². The number of methoxy groups -OCH3 is 1. The van der Waals surface area contributed by atoms with Crippen molar-refractivity contribution in [3.8, 4) is 0 Å². The van der Waals surface area contributed by atoms with Gasteiger partial charge in [0.1, 0.15) is 6.04 Å². The van der Waals surface area contributed by atoms with Crippen molar-refractivity contribution in [3.63, 3.8) is 0 Å². The summed E-state index contributed by atoms with van der Waals surface area (Å²) in [5.41, 5.74) is 1.54. The summed E-state index contributed by atoms with van der Waals surface area (Å²) in [5.74, 6) is 0.0960. The molecular weight excluding hydrogens is 288 g/mol. The molecule has 0 saturated heterocycles. The van der Waals surface area contributed by atoms with Crippen LogP contribution in [0, 0.1) is 0 Å². The largest absolute Gasteiger partial charge is 0.467 e. The molecule has 0 radical (unpaired) electrons. The molecule has 0 aliphatic heterocycles. The van der Waals surface area contributed by atoms with Crippen LogP contribution in [0.25, 0.3) is 0 Å². The molecule has 0 aromatic heterocycles. The molecule has 0 heterocycles. The van der Waals surface area contributed by atoms with Gasteiger partial charge in [0, 0.05) is 25.3 Å². The Bertz CT molecular complexity index is 474. The molecule has 1 atom stereocenters. The Morgan fingerprint density at radius 1 is 1.29 bits per heavy atom. The van der Waals surface area contributed by atoms with Gasteiger partial charge in [-0.2, -0.15) is 11.8 Å². The predicted molar refractivity (Wildman–Crippen MR) is 87.0 cm³/mol. The van der Waals surface area contributed by atoms with Crippen LogP contribution in [0.4, 0.5) is 5.69 Å². The van der Waals surface area contributed by atoms with Crippen molar-refractivity contribution in [2.24, 2.45) is 0 Å². The van der Waals surface area contributed by atoms with Crippen LogP contribution < -0.4 is 10.2 Å². The van der Waals surface area contributed by atoms with Gasteiger partial charge >= 0.3 is 5.97 Å². The van der Waals surface area contributed by atoms with Crippen LogP contribution in [0.2, 0.25) is 0 Å². The summed E-state index contributed by atoms with van der Waals surface area (Å²) in [5, 5.41) is 2.73. The topological polar surface area (TPSA) is 58.6 Å². The molecule has 1 N–H and O–H groups in total. The zero-order chi connectivity index (χ0) is 15.8. The quantitative estimate of drug-likeness (QED) is 0.778. The number of esters is 1. The maximum absolute atomic E-state index is 12.2. The minimum Gasteiger partial charge on any atom is -0.467 e. The number of thioether (sulfide) groups is 1. The van der Waals surface area contributed by atoms with E-state index in [1.165, 1.54) is 7.11 Å². The second-order valence-electron chi connectivity index (χ2n) is 4.77. The van der Waals surface area contributed by atoms with Crippen LogP contribution in [0.5, 0.6) is 0 Å². The standard InChI is InChI=1S/C15H22N2O3S/c1-17(2)12-7-5-11(6-8-12)14(18)16-13(9-10-21-4)15(19)20-3/h5-8,13H,9-10H2,1-4H3,(H,16,18)/t13-/m0/s1. The average molecular weight is 310 g/mol. The lowest BCUT2D eigenvalue weighted by molar-refractivity contribution is -0.142. The van der Waals surface area contributed by atoms with E-state index in [2.05, 4.69) is 5.32 Å². The third-order valence-electron chi connectivity index (χ3n) is 3.05. The second kappa shape index (κ2) is 8.56. The van der Waals surface area contributed by atoms with Crippen LogP contribution in [0.15, 0.2) is 24.3 Å². The normalized spacial score (nSPS) is 11.6. The number of carbonyl (C=O) groups excluding carboxylic acids is 2. The molecule has 6 heteroatoms. The first-order chi connectivity index (χ1) is 9.99. The van der Waals surface area contributed by atoms with Crippen LogP contribution >= 0.6 is 11.8 Å². The van der Waals surface area contributed by atoms with E-state index in [0.717, 1.165) is 11.4 Å². The fraction of sp³-hybridized carbons (Fsp3) is 0.467. The molecule has 1 aromatic carbocycles. The first kappa shape index (κ1) is 17.4. The maximum Gasteiger partial charge on any atom is 0.328 e. The van der Waals surface area contributed by atoms with Crippen LogP contribution in [0.1, 0.15) is 16.8 Å². The van der Waals surface area contributed by atoms with Gasteiger partial charge in [0.15, 0.2) is 0 Å². The highest BCUT2D eigenvalue weighted by Gasteiger charge is 2.21. The van der Waals surface area contributed by atoms with Gasteiger partial charge in [-0.05, 0) is 42.7 Å². The lowest BCUT2D eigenvalue weighted by Gasteiger charge is -2.17. The van der Waals surface area contributed by atoms with Gasteiger partial charge in [0.2, 0.25) is 0 Å². The van der Waals surface area contributed by atoms with E-state index < -0.39 is 12.0 Å². The Labute approximate surface area is 130 Å². The number of hydrogen-bond acceptors (Lipinski definition) is 5. The zero-order valence-electron chi connectivity index (χ0n) is 12.9. The Morgan fingerprint density at radius 2 is 1.90 bits per heavy atom. The highest BCUT2D eigenvalue weighted by Crippen LogP contribution is 2.12. The Hall–Kier alpha value is -1.69. The van der Waals surface area contributed by atoms with Crippen molar-refractivity contribution < 1.29 is 14.3 Å². The van der Waals surface area contributed by atoms with Gasteiger partial charge in [0.25, 0.3) is 5.91 Å². The number of amides is 1. The summed E-state index contributed by atoms with van der Waals surface area (Å²) in [7, 11) is 5.20. The summed E-state index contributed by atoms with van der Waals surface area (Å²) in [4.78, 5) is 25.8. The number of anilines is 1. The van der Waals surface area contributed by atoms with E-state index >= 15 is 0 Å². The molecule has 1 rings (SSSR count). The summed E-state index contributed by atoms with van der Waals surface area (Å²) < 4.78 is 4.73. The Balaban J connectivity index is 2.74. The van der Waals surface area contributed by atoms with E-state index in [-0.39, 0.29) is 5.91 Å². The van der Waals surface area contributed by atoms with Crippen molar-refractivity contribution in [2.75, 3.05) is 38.1 Å². The van der Waals surface area contributed by atoms with Crippen molar-refractivity contribution >= 4 is 29.3 Å². The number of rotatable bonds is 7. The lowest BCUT2D eigenvalue weighted by atomic mass is 10.1. The molecule has 0 aliphatic carbocycles. The first-order valence-corrected chi connectivity index (χ1v) is 8.04. The Morgan fingerprint density at radius 3 is 2.38 bits per heavy atom. The zero-order valence-corrected chi connectivity index (χ0v) is 13.7. The van der Waals surface area contributed by atoms with E-state index in [1.807, 2.05) is 37.4 Å². The van der Waals surface area contributed by atoms with Crippen molar-refractivity contribution in [2.45, 2.75) is 12.5 Å². The number of carbonyl (C=O) groups is 2. The minimum atomic E-state index is -0.608. The number of nitrogens with zero attached hydrogens (tertiary/aromatic N) is 1. The number of hydrogen-bond donors (Lipinski definition) is 1. The number of benzene rings is 1. The summed E-state index contributed by atoms with van der Waals surface area (Å²) in [6.07, 6.45) is 2.51. The maximum atomic E-state index is 12.2. The second-order valence-corrected chi connectivity index (χ2v) is 5.76. The van der Waals surface area contributed by atoms with E-state index in [0.29, 0.717) is 12.0 Å². The van der Waals surface area contributed by atoms with Crippen molar-refractivity contribution in [1.82, 2.24) is 5.32 Å². The molecule has 1 aromatic rings. The third kappa shape index (κ3) is 5.30. The lowest BCUT2D eigenvalue weighted by Crippen LogP contribution is -2.41. The van der Waals surface area contributed by atoms with Gasteiger partial charge in [-0.3, -0.25) is 4.79 Å². The SMILES string of the molecule is COC(=O)[C@H](CCSC)NC(=O)c1ccc(N(C)C)cc1. The van der Waals surface area contributed by atoms with Crippen LogP contribution in [-0.2, 0) is 9.53 Å². The Kier molecular flexibility index (Phi) is 7.08. The van der Waals surface area contributed by atoms with Crippen LogP contribution in [0.3, 0.4) is 0 Å². The van der Waals surface area contributed by atoms with Gasteiger partial charge in [-0.15, -0.1) is 0 Å². The smallest absolute Gasteiger partial charge is 0.328 e. The predicted octanol–water partition coefficient (Wildman–Crippen LogP) is 1.78. The molecule has 0 unspecified atom stereocenters. The van der Waals surface area contributed by atoms with Gasteiger partial charge < -0.3 is 15.0 Å². The summed E-state index contributed by atoms with van der Waals surface area (Å²) in [6.45, 7) is 0. The molecular formula is C15H22N2O3S. The molecule has 0 fully saturated rings. The number of nitrogens with one attached hydrogen (secondary N) is 1. The molecule has 0 spiro atoms. The van der Waals surface area contributed by atoms with Crippen molar-refractivity contribution in [1.29, 1.82) is 0 Å². The van der Waals surface area contributed by atoms with Gasteiger partial charge in [-0.1, -0.05) is 0 Å². The highest BCUT2D eigenvalue weighted by molar-refractivity contribution is 7.98. The number of ether oxygens (including phenoxy) is 1. The first-order valence-electron chi connectivity index (χ1n) is 6.64. The monoisotopic (exact) mass is 310 g/mol. The molecule has 1 amide bonds. The third-order valence-corrected chi connectivity index (χ3v) is 3.69. The average Bonchev–Trinajstić information content (AvgIpc) is 2.50. The molecule has 116 valence electrons. The minimum absolute atomic E-state index is 0.267. The van der Waals surface area contributed by atoms with Crippen molar-refractivity contribution in [3.05, 3.63) is 29.8 Å².